The number of rotatable bonds is 6. The molecule has 2 aliphatic rings. The molecule has 0 radical (unpaired) electrons. The van der Waals surface area contributed by atoms with Gasteiger partial charge < -0.3 is 24.6 Å². The summed E-state index contributed by atoms with van der Waals surface area (Å²) in [7, 11) is 4.42. The molecule has 0 saturated carbocycles. The summed E-state index contributed by atoms with van der Waals surface area (Å²) in [5.41, 5.74) is -3.10. The van der Waals surface area contributed by atoms with Crippen LogP contribution < -0.4 is 10.1 Å². The van der Waals surface area contributed by atoms with E-state index in [2.05, 4.69) is 10.3 Å². The molecule has 1 N–H and O–H groups in total. The van der Waals surface area contributed by atoms with Gasteiger partial charge in [-0.1, -0.05) is 13.0 Å². The van der Waals surface area contributed by atoms with Gasteiger partial charge in [-0.25, -0.2) is 8.78 Å². The van der Waals surface area contributed by atoms with Crippen molar-refractivity contribution in [3.8, 4) is 5.75 Å². The number of halogens is 6. The van der Waals surface area contributed by atoms with E-state index in [0.717, 1.165) is 26.2 Å². The highest BCUT2D eigenvalue weighted by Gasteiger charge is 2.66. The number of aromatic nitrogens is 1. The molecule has 2 saturated heterocycles. The molecule has 4 rings (SSSR count). The molecule has 2 aliphatic heterocycles. The van der Waals surface area contributed by atoms with Gasteiger partial charge in [-0.05, 0) is 39.2 Å². The Morgan fingerprint density at radius 3 is 2.46 bits per heavy atom. The smallest absolute Gasteiger partial charge is 0.417 e. The van der Waals surface area contributed by atoms with Gasteiger partial charge in [0.1, 0.15) is 18.0 Å². The zero-order chi connectivity index (χ0) is 30.4. The number of amides is 2. The number of carbonyl (C=O) groups excluding carboxylic acids is 2. The quantitative estimate of drug-likeness (QED) is 0.511. The Hall–Kier alpha value is -3.39. The number of likely N-dealkylation sites (tertiary alicyclic amines) is 1. The van der Waals surface area contributed by atoms with Crippen molar-refractivity contribution in [1.82, 2.24) is 14.8 Å². The first-order chi connectivity index (χ1) is 19.1. The summed E-state index contributed by atoms with van der Waals surface area (Å²) < 4.78 is 95.7. The molecule has 224 valence electrons. The van der Waals surface area contributed by atoms with E-state index in [9.17, 15) is 35.9 Å². The van der Waals surface area contributed by atoms with Crippen LogP contribution in [0.25, 0.3) is 0 Å². The summed E-state index contributed by atoms with van der Waals surface area (Å²) in [6, 6.07) is 3.82. The van der Waals surface area contributed by atoms with Crippen LogP contribution in [0, 0.1) is 17.6 Å². The maximum Gasteiger partial charge on any atom is 0.417 e. The molecule has 2 amide bonds. The first-order valence-electron chi connectivity index (χ1n) is 12.7. The molecular weight excluding hydrogens is 558 g/mol. The van der Waals surface area contributed by atoms with Gasteiger partial charge in [0, 0.05) is 35.8 Å². The van der Waals surface area contributed by atoms with Crippen molar-refractivity contribution < 1.29 is 45.4 Å². The van der Waals surface area contributed by atoms with Crippen molar-refractivity contribution in [2.45, 2.75) is 49.9 Å². The lowest BCUT2D eigenvalue weighted by molar-refractivity contribution is -0.272. The van der Waals surface area contributed by atoms with E-state index in [0.29, 0.717) is 0 Å². The monoisotopic (exact) mass is 588 g/mol. The van der Waals surface area contributed by atoms with E-state index in [1.54, 1.807) is 19.0 Å². The topological polar surface area (TPSA) is 84.0 Å². The molecule has 1 unspecified atom stereocenters. The number of methoxy groups -OCH3 is 1. The summed E-state index contributed by atoms with van der Waals surface area (Å²) in [5, 5.41) is 2.45. The summed E-state index contributed by atoms with van der Waals surface area (Å²) in [5.74, 6) is -7.78. The van der Waals surface area contributed by atoms with Crippen molar-refractivity contribution in [3.05, 3.63) is 53.4 Å². The molecule has 0 bridgehead atoms. The SMILES string of the molecule is COc1c([C@H]2[C@H](C(=O)Nc3ccnc(C(=O)N4CC(N(C)C)[C@H](F)C4)c3)O[C@@](C)(C(F)(F)F)[C@H]2C)ccc(F)c1F. The van der Waals surface area contributed by atoms with Gasteiger partial charge in [0.2, 0.25) is 5.82 Å². The molecule has 41 heavy (non-hydrogen) atoms. The normalized spacial score (nSPS) is 28.3. The summed E-state index contributed by atoms with van der Waals surface area (Å²) in [6.07, 6.45) is -6.79. The number of hydrogen-bond acceptors (Lipinski definition) is 6. The van der Waals surface area contributed by atoms with E-state index < -0.39 is 71.1 Å². The highest BCUT2D eigenvalue weighted by molar-refractivity contribution is 5.98. The van der Waals surface area contributed by atoms with Crippen molar-refractivity contribution in [2.75, 3.05) is 39.6 Å². The highest BCUT2D eigenvalue weighted by Crippen LogP contribution is 2.55. The minimum atomic E-state index is -4.92. The van der Waals surface area contributed by atoms with E-state index in [4.69, 9.17) is 9.47 Å². The van der Waals surface area contributed by atoms with Gasteiger partial charge in [-0.3, -0.25) is 14.6 Å². The second-order valence-electron chi connectivity index (χ2n) is 10.6. The number of nitrogens with one attached hydrogen (secondary N) is 1. The number of benzene rings is 1. The van der Waals surface area contributed by atoms with Crippen LogP contribution in [0.2, 0.25) is 0 Å². The minimum Gasteiger partial charge on any atom is -0.493 e. The third kappa shape index (κ3) is 5.46. The van der Waals surface area contributed by atoms with Crippen molar-refractivity contribution in [3.63, 3.8) is 0 Å². The fourth-order valence-electron chi connectivity index (χ4n) is 5.44. The number of nitrogens with zero attached hydrogens (tertiary/aromatic N) is 3. The van der Waals surface area contributed by atoms with Crippen LogP contribution in [0.5, 0.6) is 5.75 Å². The molecule has 0 spiro atoms. The molecule has 1 aromatic heterocycles. The highest BCUT2D eigenvalue weighted by atomic mass is 19.4. The van der Waals surface area contributed by atoms with Crippen LogP contribution >= 0.6 is 0 Å². The molecule has 8 nitrogen and oxygen atoms in total. The van der Waals surface area contributed by atoms with Crippen LogP contribution in [0.3, 0.4) is 0 Å². The Kier molecular flexibility index (Phi) is 8.29. The van der Waals surface area contributed by atoms with Crippen molar-refractivity contribution in [1.29, 1.82) is 0 Å². The summed E-state index contributed by atoms with van der Waals surface area (Å²) in [6.45, 7) is 1.95. The zero-order valence-electron chi connectivity index (χ0n) is 22.9. The Balaban J connectivity index is 1.64. The van der Waals surface area contributed by atoms with E-state index in [-0.39, 0.29) is 30.0 Å². The average molecular weight is 589 g/mol. The number of ether oxygens (including phenoxy) is 2. The third-order valence-corrected chi connectivity index (χ3v) is 7.99. The van der Waals surface area contributed by atoms with Crippen LogP contribution in [0.1, 0.15) is 35.8 Å². The maximum atomic E-state index is 14.6. The van der Waals surface area contributed by atoms with Gasteiger partial charge in [-0.15, -0.1) is 0 Å². The number of hydrogen-bond donors (Lipinski definition) is 1. The Bertz CT molecular complexity index is 1330. The predicted molar refractivity (Wildman–Crippen MR) is 135 cm³/mol. The first kappa shape index (κ1) is 30.6. The third-order valence-electron chi connectivity index (χ3n) is 7.99. The molecule has 14 heteroatoms. The Morgan fingerprint density at radius 2 is 1.88 bits per heavy atom. The minimum absolute atomic E-state index is 0.0152. The van der Waals surface area contributed by atoms with Gasteiger partial charge in [0.05, 0.1) is 19.7 Å². The molecule has 2 aromatic rings. The molecule has 0 aliphatic carbocycles. The molecule has 2 fully saturated rings. The lowest BCUT2D eigenvalue weighted by atomic mass is 9.77. The second kappa shape index (κ2) is 11.1. The van der Waals surface area contributed by atoms with Gasteiger partial charge in [-0.2, -0.15) is 17.6 Å². The van der Waals surface area contributed by atoms with E-state index >= 15 is 0 Å². The average Bonchev–Trinajstić information content (AvgIpc) is 3.43. The molecule has 3 heterocycles. The van der Waals surface area contributed by atoms with Crippen LogP contribution in [-0.4, -0.2) is 91.0 Å². The fourth-order valence-corrected chi connectivity index (χ4v) is 5.44. The molecular formula is C27H30F6N4O4. The second-order valence-corrected chi connectivity index (χ2v) is 10.6. The van der Waals surface area contributed by atoms with Gasteiger partial charge in [0.25, 0.3) is 11.8 Å². The first-order valence-corrected chi connectivity index (χ1v) is 12.7. The van der Waals surface area contributed by atoms with Gasteiger partial charge in [0.15, 0.2) is 17.2 Å². The number of likely N-dealkylation sites (N-methyl/N-ethyl adjacent to an activating group) is 1. The number of anilines is 1. The largest absolute Gasteiger partial charge is 0.493 e. The summed E-state index contributed by atoms with van der Waals surface area (Å²) >= 11 is 0. The van der Waals surface area contributed by atoms with Crippen LogP contribution in [-0.2, 0) is 9.53 Å². The number of carbonyl (C=O) groups is 2. The predicted octanol–water partition coefficient (Wildman–Crippen LogP) is 4.17. The van der Waals surface area contributed by atoms with Crippen molar-refractivity contribution in [2.24, 2.45) is 5.92 Å². The molecule has 6 atom stereocenters. The Morgan fingerprint density at radius 1 is 1.20 bits per heavy atom. The van der Waals surface area contributed by atoms with E-state index in [1.165, 1.54) is 30.2 Å². The zero-order valence-corrected chi connectivity index (χ0v) is 22.9. The Labute approximate surface area is 232 Å². The van der Waals surface area contributed by atoms with Crippen LogP contribution in [0.15, 0.2) is 30.5 Å². The number of alkyl halides is 4. The standard InChI is InChI=1S/C27H30F6N4O4/c1-13-20(15-6-7-16(28)21(30)22(15)40-5)23(41-26(13,2)27(31,32)33)24(38)35-14-8-9-34-18(10-14)25(39)37-11-17(29)19(12-37)36(3)4/h6-10,13,17,19-20,23H,11-12H2,1-5H3,(H,34,35,38)/t13-,17+,19?,20-,23+,26+/m0/s1. The summed E-state index contributed by atoms with van der Waals surface area (Å²) in [4.78, 5) is 33.4. The van der Waals surface area contributed by atoms with Crippen molar-refractivity contribution >= 4 is 17.5 Å². The number of pyridine rings is 1. The lowest BCUT2D eigenvalue weighted by Crippen LogP contribution is -2.47. The molecule has 1 aromatic carbocycles. The lowest BCUT2D eigenvalue weighted by Gasteiger charge is -2.32. The van der Waals surface area contributed by atoms with Crippen LogP contribution in [0.4, 0.5) is 32.0 Å². The fraction of sp³-hybridized carbons (Fsp3) is 0.519. The maximum absolute atomic E-state index is 14.6. The van der Waals surface area contributed by atoms with Gasteiger partial charge >= 0.3 is 6.18 Å². The van der Waals surface area contributed by atoms with E-state index in [1.807, 2.05) is 0 Å².